The molecule has 0 heterocycles. The fourth-order valence-electron chi connectivity index (χ4n) is 2.28. The summed E-state index contributed by atoms with van der Waals surface area (Å²) in [5.41, 5.74) is 0. The van der Waals surface area contributed by atoms with Crippen LogP contribution in [0.1, 0.15) is 26.7 Å². The molecule has 0 amide bonds. The van der Waals surface area contributed by atoms with Crippen LogP contribution in [-0.4, -0.2) is 22.2 Å². The van der Waals surface area contributed by atoms with E-state index in [0.29, 0.717) is 12.3 Å². The molecule has 4 heteroatoms. The van der Waals surface area contributed by atoms with Gasteiger partial charge in [0.1, 0.15) is 0 Å². The molecule has 0 spiro atoms. The number of hydrogen-bond acceptors (Lipinski definition) is 2. The van der Waals surface area contributed by atoms with E-state index in [0.717, 1.165) is 6.42 Å². The van der Waals surface area contributed by atoms with Gasteiger partial charge >= 0.3 is 11.9 Å². The summed E-state index contributed by atoms with van der Waals surface area (Å²) >= 11 is 0. The van der Waals surface area contributed by atoms with Crippen LogP contribution in [0.5, 0.6) is 0 Å². The van der Waals surface area contributed by atoms with E-state index in [2.05, 4.69) is 0 Å². The smallest absolute Gasteiger partial charge is 0.307 e. The topological polar surface area (TPSA) is 74.6 Å². The fourth-order valence-corrected chi connectivity index (χ4v) is 2.28. The summed E-state index contributed by atoms with van der Waals surface area (Å²) in [5, 5.41) is 17.9. The van der Waals surface area contributed by atoms with Crippen molar-refractivity contribution in [3.8, 4) is 0 Å². The molecule has 2 N–H and O–H groups in total. The highest BCUT2D eigenvalue weighted by Crippen LogP contribution is 2.38. The lowest BCUT2D eigenvalue weighted by molar-refractivity contribution is -0.159. The van der Waals surface area contributed by atoms with Crippen molar-refractivity contribution in [1.82, 2.24) is 0 Å². The minimum absolute atomic E-state index is 0.0534. The molecule has 0 unspecified atom stereocenters. The van der Waals surface area contributed by atoms with Crippen molar-refractivity contribution in [2.45, 2.75) is 26.7 Å². The molecule has 0 aliphatic heterocycles. The largest absolute Gasteiger partial charge is 0.481 e. The first-order chi connectivity index (χ1) is 6.45. The molecule has 1 rings (SSSR count). The van der Waals surface area contributed by atoms with E-state index in [-0.39, 0.29) is 5.92 Å². The predicted octanol–water partition coefficient (Wildman–Crippen LogP) is 1.45. The zero-order chi connectivity index (χ0) is 10.9. The van der Waals surface area contributed by atoms with Gasteiger partial charge in [-0.1, -0.05) is 13.8 Å². The highest BCUT2D eigenvalue weighted by Gasteiger charge is 2.42. The van der Waals surface area contributed by atoms with E-state index in [9.17, 15) is 9.59 Å². The van der Waals surface area contributed by atoms with E-state index in [1.807, 2.05) is 13.8 Å². The van der Waals surface area contributed by atoms with Gasteiger partial charge in [0.15, 0.2) is 0 Å². The van der Waals surface area contributed by atoms with Gasteiger partial charge in [-0.3, -0.25) is 9.59 Å². The Bertz CT molecular complexity index is 249. The number of aliphatic carboxylic acids is 2. The van der Waals surface area contributed by atoms with Crippen LogP contribution in [-0.2, 0) is 9.59 Å². The fraction of sp³-hybridized carbons (Fsp3) is 0.800. The van der Waals surface area contributed by atoms with Crippen LogP contribution in [0.25, 0.3) is 0 Å². The van der Waals surface area contributed by atoms with Crippen LogP contribution in [0, 0.1) is 23.7 Å². The van der Waals surface area contributed by atoms with Gasteiger partial charge in [0, 0.05) is 0 Å². The molecule has 0 aromatic rings. The van der Waals surface area contributed by atoms with Crippen molar-refractivity contribution >= 4 is 11.9 Å². The van der Waals surface area contributed by atoms with Gasteiger partial charge in [0.2, 0.25) is 0 Å². The standard InChI is InChI=1S/C10H16O4/c1-5-3-4-7(9(11)12)8(6(5)2)10(13)14/h5-8H,3-4H2,1-2H3,(H,11,12)(H,13,14)/t5-,6+,7+,8+/m0/s1. The molecule has 14 heavy (non-hydrogen) atoms. The number of carboxylic acids is 2. The first kappa shape index (κ1) is 11.0. The average molecular weight is 200 g/mol. The van der Waals surface area contributed by atoms with Gasteiger partial charge in [-0.15, -0.1) is 0 Å². The molecule has 0 radical (unpaired) electrons. The Kier molecular flexibility index (Phi) is 3.13. The van der Waals surface area contributed by atoms with E-state index < -0.39 is 23.8 Å². The van der Waals surface area contributed by atoms with Crippen molar-refractivity contribution in [2.75, 3.05) is 0 Å². The lowest BCUT2D eigenvalue weighted by Crippen LogP contribution is -2.40. The zero-order valence-corrected chi connectivity index (χ0v) is 8.43. The van der Waals surface area contributed by atoms with Crippen LogP contribution in [0.4, 0.5) is 0 Å². The van der Waals surface area contributed by atoms with Crippen LogP contribution in [0.2, 0.25) is 0 Å². The molecule has 80 valence electrons. The molecule has 1 aliphatic carbocycles. The maximum absolute atomic E-state index is 11.0. The first-order valence-electron chi connectivity index (χ1n) is 4.90. The van der Waals surface area contributed by atoms with E-state index in [1.165, 1.54) is 0 Å². The number of rotatable bonds is 2. The van der Waals surface area contributed by atoms with Gasteiger partial charge in [0.05, 0.1) is 11.8 Å². The summed E-state index contributed by atoms with van der Waals surface area (Å²) in [7, 11) is 0. The summed E-state index contributed by atoms with van der Waals surface area (Å²) in [5.74, 6) is -3.14. The summed E-state index contributed by atoms with van der Waals surface area (Å²) in [4.78, 5) is 21.8. The zero-order valence-electron chi connectivity index (χ0n) is 8.43. The van der Waals surface area contributed by atoms with Crippen LogP contribution in [0.3, 0.4) is 0 Å². The Morgan fingerprint density at radius 2 is 1.64 bits per heavy atom. The summed E-state index contributed by atoms with van der Waals surface area (Å²) in [6, 6.07) is 0. The molecule has 1 aliphatic rings. The van der Waals surface area contributed by atoms with Crippen LogP contribution >= 0.6 is 0 Å². The Balaban J connectivity index is 2.87. The molecule has 4 atom stereocenters. The predicted molar refractivity (Wildman–Crippen MR) is 49.8 cm³/mol. The summed E-state index contributed by atoms with van der Waals surface area (Å²) in [6.45, 7) is 3.82. The maximum Gasteiger partial charge on any atom is 0.307 e. The number of carboxylic acid groups (broad SMARTS) is 2. The van der Waals surface area contributed by atoms with Gasteiger partial charge in [0.25, 0.3) is 0 Å². The van der Waals surface area contributed by atoms with Gasteiger partial charge < -0.3 is 10.2 Å². The Labute approximate surface area is 82.9 Å². The molecular formula is C10H16O4. The van der Waals surface area contributed by atoms with E-state index in [4.69, 9.17) is 10.2 Å². The second kappa shape index (κ2) is 3.98. The van der Waals surface area contributed by atoms with E-state index in [1.54, 1.807) is 0 Å². The van der Waals surface area contributed by atoms with Crippen LogP contribution < -0.4 is 0 Å². The minimum atomic E-state index is -0.976. The normalized spacial score (nSPS) is 37.9. The minimum Gasteiger partial charge on any atom is -0.481 e. The lowest BCUT2D eigenvalue weighted by atomic mass is 9.68. The monoisotopic (exact) mass is 200 g/mol. The molecule has 0 aromatic carbocycles. The Morgan fingerprint density at radius 1 is 1.07 bits per heavy atom. The first-order valence-corrected chi connectivity index (χ1v) is 4.90. The van der Waals surface area contributed by atoms with Gasteiger partial charge in [-0.25, -0.2) is 0 Å². The molecule has 0 bridgehead atoms. The van der Waals surface area contributed by atoms with E-state index >= 15 is 0 Å². The molecule has 4 nitrogen and oxygen atoms in total. The molecule has 0 saturated heterocycles. The second-order valence-electron chi connectivity index (χ2n) is 4.22. The highest BCUT2D eigenvalue weighted by atomic mass is 16.4. The number of carbonyl (C=O) groups is 2. The quantitative estimate of drug-likeness (QED) is 0.707. The van der Waals surface area contributed by atoms with Crippen molar-refractivity contribution in [1.29, 1.82) is 0 Å². The number of hydrogen-bond donors (Lipinski definition) is 2. The Hall–Kier alpha value is -1.06. The SMILES string of the molecule is C[C@H]1[C@@H](C(=O)O)[C@H](C(=O)O)CC[C@@H]1C. The third-order valence-corrected chi connectivity index (χ3v) is 3.43. The third-order valence-electron chi connectivity index (χ3n) is 3.43. The van der Waals surface area contributed by atoms with Crippen molar-refractivity contribution < 1.29 is 19.8 Å². The average Bonchev–Trinajstić information content (AvgIpc) is 2.08. The molecule has 0 aromatic heterocycles. The second-order valence-corrected chi connectivity index (χ2v) is 4.22. The Morgan fingerprint density at radius 3 is 2.07 bits per heavy atom. The third kappa shape index (κ3) is 1.89. The molecule has 1 saturated carbocycles. The molecule has 1 fully saturated rings. The van der Waals surface area contributed by atoms with Crippen LogP contribution in [0.15, 0.2) is 0 Å². The maximum atomic E-state index is 11.0. The van der Waals surface area contributed by atoms with Gasteiger partial charge in [-0.05, 0) is 24.7 Å². The van der Waals surface area contributed by atoms with Gasteiger partial charge in [-0.2, -0.15) is 0 Å². The van der Waals surface area contributed by atoms with Crippen molar-refractivity contribution in [3.05, 3.63) is 0 Å². The summed E-state index contributed by atoms with van der Waals surface area (Å²) in [6.07, 6.45) is 1.29. The highest BCUT2D eigenvalue weighted by molar-refractivity contribution is 5.80. The molecular weight excluding hydrogens is 184 g/mol. The summed E-state index contributed by atoms with van der Waals surface area (Å²) < 4.78 is 0. The van der Waals surface area contributed by atoms with Crippen molar-refractivity contribution in [3.63, 3.8) is 0 Å². The van der Waals surface area contributed by atoms with Crippen molar-refractivity contribution in [2.24, 2.45) is 23.7 Å². The lowest BCUT2D eigenvalue weighted by Gasteiger charge is -2.35.